The fourth-order valence-electron chi connectivity index (χ4n) is 1.34. The van der Waals surface area contributed by atoms with Gasteiger partial charge in [0.25, 0.3) is 5.91 Å². The average Bonchev–Trinajstić information content (AvgIpc) is 2.29. The normalized spacial score (nSPS) is 11.9. The molecule has 0 fully saturated rings. The van der Waals surface area contributed by atoms with Crippen LogP contribution in [0.1, 0.15) is 26.3 Å². The first-order valence-corrected chi connectivity index (χ1v) is 5.49. The van der Waals surface area contributed by atoms with Crippen LogP contribution in [0.3, 0.4) is 0 Å². The Morgan fingerprint density at radius 1 is 1.29 bits per heavy atom. The summed E-state index contributed by atoms with van der Waals surface area (Å²) < 4.78 is 5.36. The number of carbonyl (C=O) groups is 1. The molecule has 1 rings (SSSR count). The van der Waals surface area contributed by atoms with Crippen molar-refractivity contribution in [1.29, 1.82) is 5.26 Å². The number of rotatable bonds is 4. The minimum atomic E-state index is -0.495. The largest absolute Gasteiger partial charge is 0.366 e. The number of nitriles is 1. The summed E-state index contributed by atoms with van der Waals surface area (Å²) in [6.07, 6.45) is -0.484. The molecule has 0 aliphatic heterocycles. The Morgan fingerprint density at radius 2 is 1.88 bits per heavy atom. The van der Waals surface area contributed by atoms with Gasteiger partial charge in [-0.2, -0.15) is 5.26 Å². The van der Waals surface area contributed by atoms with Crippen molar-refractivity contribution in [3.63, 3.8) is 0 Å². The number of benzene rings is 1. The van der Waals surface area contributed by atoms with E-state index < -0.39 is 6.10 Å². The highest BCUT2D eigenvalue weighted by atomic mass is 16.5. The average molecular weight is 232 g/mol. The molecule has 1 amide bonds. The molecule has 1 aromatic carbocycles. The fraction of sp³-hybridized carbons (Fsp3) is 0.385. The van der Waals surface area contributed by atoms with Gasteiger partial charge in [0.05, 0.1) is 17.7 Å². The van der Waals surface area contributed by atoms with Gasteiger partial charge in [0.2, 0.25) is 0 Å². The third-order valence-electron chi connectivity index (χ3n) is 2.13. The van der Waals surface area contributed by atoms with E-state index in [0.29, 0.717) is 11.3 Å². The summed E-state index contributed by atoms with van der Waals surface area (Å²) in [6, 6.07) is 8.72. The van der Waals surface area contributed by atoms with Gasteiger partial charge >= 0.3 is 0 Å². The molecule has 1 atom stereocenters. The Kier molecular flexibility index (Phi) is 4.68. The molecule has 17 heavy (non-hydrogen) atoms. The quantitative estimate of drug-likeness (QED) is 0.866. The fourth-order valence-corrected chi connectivity index (χ4v) is 1.34. The van der Waals surface area contributed by atoms with Gasteiger partial charge in [0.1, 0.15) is 6.10 Å². The first-order chi connectivity index (χ1) is 8.02. The van der Waals surface area contributed by atoms with Crippen LogP contribution in [-0.2, 0) is 9.53 Å². The Hall–Kier alpha value is -1.86. The van der Waals surface area contributed by atoms with Crippen molar-refractivity contribution >= 4 is 11.6 Å². The maximum absolute atomic E-state index is 11.7. The van der Waals surface area contributed by atoms with Gasteiger partial charge in [0.15, 0.2) is 0 Å². The van der Waals surface area contributed by atoms with Gasteiger partial charge in [0, 0.05) is 5.69 Å². The summed E-state index contributed by atoms with van der Waals surface area (Å²) in [5, 5.41) is 11.4. The van der Waals surface area contributed by atoms with E-state index in [1.807, 2.05) is 19.9 Å². The number of carbonyl (C=O) groups excluding carboxylic acids is 1. The molecule has 0 radical (unpaired) electrons. The van der Waals surface area contributed by atoms with E-state index in [2.05, 4.69) is 5.32 Å². The van der Waals surface area contributed by atoms with E-state index >= 15 is 0 Å². The summed E-state index contributed by atoms with van der Waals surface area (Å²) in [7, 11) is 0. The molecule has 0 aromatic heterocycles. The van der Waals surface area contributed by atoms with Crippen molar-refractivity contribution in [2.45, 2.75) is 33.0 Å². The summed E-state index contributed by atoms with van der Waals surface area (Å²) in [5.41, 5.74) is 1.22. The minimum Gasteiger partial charge on any atom is -0.366 e. The lowest BCUT2D eigenvalue weighted by Gasteiger charge is -2.15. The number of hydrogen-bond acceptors (Lipinski definition) is 3. The highest BCUT2D eigenvalue weighted by Gasteiger charge is 2.14. The maximum Gasteiger partial charge on any atom is 0.253 e. The standard InChI is InChI=1S/C13H16N2O2/c1-9(2)17-10(3)13(16)15-12-6-4-11(8-14)5-7-12/h4-7,9-10H,1-3H3,(H,15,16). The topological polar surface area (TPSA) is 62.1 Å². The minimum absolute atomic E-state index is 0.0108. The van der Waals surface area contributed by atoms with Crippen molar-refractivity contribution in [2.24, 2.45) is 0 Å². The van der Waals surface area contributed by atoms with Gasteiger partial charge in [-0.3, -0.25) is 4.79 Å². The summed E-state index contributed by atoms with van der Waals surface area (Å²) in [6.45, 7) is 5.47. The van der Waals surface area contributed by atoms with Crippen LogP contribution in [0.4, 0.5) is 5.69 Å². The van der Waals surface area contributed by atoms with Gasteiger partial charge < -0.3 is 10.1 Å². The number of nitrogens with one attached hydrogen (secondary N) is 1. The molecule has 90 valence electrons. The van der Waals surface area contributed by atoms with Crippen molar-refractivity contribution in [1.82, 2.24) is 0 Å². The molecule has 1 unspecified atom stereocenters. The Morgan fingerprint density at radius 3 is 2.35 bits per heavy atom. The molecule has 1 aromatic rings. The van der Waals surface area contributed by atoms with Crippen LogP contribution in [-0.4, -0.2) is 18.1 Å². The lowest BCUT2D eigenvalue weighted by atomic mass is 10.2. The molecular formula is C13H16N2O2. The number of amides is 1. The molecule has 1 N–H and O–H groups in total. The highest BCUT2D eigenvalue weighted by molar-refractivity contribution is 5.93. The molecule has 0 aliphatic rings. The van der Waals surface area contributed by atoms with Crippen LogP contribution in [0.2, 0.25) is 0 Å². The Bertz CT molecular complexity index is 418. The molecule has 0 spiro atoms. The summed E-state index contributed by atoms with van der Waals surface area (Å²) in [4.78, 5) is 11.7. The van der Waals surface area contributed by atoms with E-state index in [1.165, 1.54) is 0 Å². The van der Waals surface area contributed by atoms with Gasteiger partial charge in [-0.15, -0.1) is 0 Å². The number of anilines is 1. The Balaban J connectivity index is 2.59. The molecule has 0 bridgehead atoms. The SMILES string of the molecule is CC(C)OC(C)C(=O)Nc1ccc(C#N)cc1. The monoisotopic (exact) mass is 232 g/mol. The predicted octanol–water partition coefficient (Wildman–Crippen LogP) is 2.31. The van der Waals surface area contributed by atoms with Crippen LogP contribution in [0.5, 0.6) is 0 Å². The highest BCUT2D eigenvalue weighted by Crippen LogP contribution is 2.10. The van der Waals surface area contributed by atoms with Crippen LogP contribution in [0.15, 0.2) is 24.3 Å². The van der Waals surface area contributed by atoms with E-state index in [0.717, 1.165) is 0 Å². The molecule has 4 heteroatoms. The van der Waals surface area contributed by atoms with E-state index in [-0.39, 0.29) is 12.0 Å². The van der Waals surface area contributed by atoms with Gasteiger partial charge in [-0.25, -0.2) is 0 Å². The molecule has 0 saturated carbocycles. The zero-order valence-corrected chi connectivity index (χ0v) is 10.2. The Labute approximate surface area is 101 Å². The molecule has 4 nitrogen and oxygen atoms in total. The third-order valence-corrected chi connectivity index (χ3v) is 2.13. The number of ether oxygens (including phenoxy) is 1. The van der Waals surface area contributed by atoms with E-state index in [4.69, 9.17) is 10.00 Å². The van der Waals surface area contributed by atoms with Crippen molar-refractivity contribution < 1.29 is 9.53 Å². The van der Waals surface area contributed by atoms with Crippen LogP contribution >= 0.6 is 0 Å². The molecule has 0 saturated heterocycles. The molecular weight excluding hydrogens is 216 g/mol. The first-order valence-electron chi connectivity index (χ1n) is 5.49. The lowest BCUT2D eigenvalue weighted by molar-refractivity contribution is -0.128. The lowest BCUT2D eigenvalue weighted by Crippen LogP contribution is -2.29. The number of hydrogen-bond donors (Lipinski definition) is 1. The summed E-state index contributed by atoms with van der Waals surface area (Å²) in [5.74, 6) is -0.191. The predicted molar refractivity (Wildman–Crippen MR) is 65.5 cm³/mol. The zero-order chi connectivity index (χ0) is 12.8. The maximum atomic E-state index is 11.7. The van der Waals surface area contributed by atoms with Crippen LogP contribution in [0, 0.1) is 11.3 Å². The number of nitrogens with zero attached hydrogens (tertiary/aromatic N) is 1. The second-order valence-corrected chi connectivity index (χ2v) is 4.01. The van der Waals surface area contributed by atoms with Crippen LogP contribution < -0.4 is 5.32 Å². The van der Waals surface area contributed by atoms with Crippen molar-refractivity contribution in [3.05, 3.63) is 29.8 Å². The molecule has 0 aliphatic carbocycles. The molecule has 0 heterocycles. The van der Waals surface area contributed by atoms with Gasteiger partial charge in [-0.1, -0.05) is 0 Å². The van der Waals surface area contributed by atoms with Crippen molar-refractivity contribution in [3.8, 4) is 6.07 Å². The van der Waals surface area contributed by atoms with Crippen molar-refractivity contribution in [2.75, 3.05) is 5.32 Å². The van der Waals surface area contributed by atoms with Crippen LogP contribution in [0.25, 0.3) is 0 Å². The summed E-state index contributed by atoms with van der Waals surface area (Å²) >= 11 is 0. The van der Waals surface area contributed by atoms with Gasteiger partial charge in [-0.05, 0) is 45.0 Å². The van der Waals surface area contributed by atoms with E-state index in [9.17, 15) is 4.79 Å². The zero-order valence-electron chi connectivity index (χ0n) is 10.2. The third kappa shape index (κ3) is 4.25. The first kappa shape index (κ1) is 13.2. The van der Waals surface area contributed by atoms with E-state index in [1.54, 1.807) is 31.2 Å². The second kappa shape index (κ2) is 6.02. The second-order valence-electron chi connectivity index (χ2n) is 4.01. The smallest absolute Gasteiger partial charge is 0.253 e.